The summed E-state index contributed by atoms with van der Waals surface area (Å²) in [5.41, 5.74) is -0.113. The minimum Gasteiger partial charge on any atom is -0.386 e. The monoisotopic (exact) mass is 348 g/mol. The Morgan fingerprint density at radius 3 is 2.54 bits per heavy atom. The molecule has 5 nitrogen and oxygen atoms in total. The van der Waals surface area contributed by atoms with Gasteiger partial charge < -0.3 is 15.7 Å². The third kappa shape index (κ3) is 5.62. The van der Waals surface area contributed by atoms with E-state index in [0.29, 0.717) is 6.42 Å². The van der Waals surface area contributed by atoms with Gasteiger partial charge in [-0.3, -0.25) is 9.59 Å². The fourth-order valence-corrected chi connectivity index (χ4v) is 3.31. The number of hydrogen-bond acceptors (Lipinski definition) is 4. The molecule has 0 fully saturated rings. The molecule has 130 valence electrons. The second kappa shape index (κ2) is 7.77. The Kier molecular flexibility index (Phi) is 5.96. The van der Waals surface area contributed by atoms with Crippen LogP contribution >= 0.6 is 11.3 Å². The van der Waals surface area contributed by atoms with E-state index in [9.17, 15) is 14.7 Å². The summed E-state index contributed by atoms with van der Waals surface area (Å²) in [6.07, 6.45) is -0.387. The van der Waals surface area contributed by atoms with Crippen LogP contribution in [0.15, 0.2) is 30.3 Å². The summed E-state index contributed by atoms with van der Waals surface area (Å²) in [5.74, 6) is -0.458. The Labute approximate surface area is 146 Å². The van der Waals surface area contributed by atoms with Gasteiger partial charge in [0, 0.05) is 22.5 Å². The van der Waals surface area contributed by atoms with E-state index in [-0.39, 0.29) is 30.3 Å². The zero-order valence-electron chi connectivity index (χ0n) is 14.3. The average Bonchev–Trinajstić information content (AvgIpc) is 2.93. The summed E-state index contributed by atoms with van der Waals surface area (Å²) in [5, 5.41) is 16.5. The molecule has 0 bridgehead atoms. The van der Waals surface area contributed by atoms with Crippen molar-refractivity contribution in [1.82, 2.24) is 10.6 Å². The van der Waals surface area contributed by atoms with Gasteiger partial charge in [0.1, 0.15) is 6.10 Å². The Bertz CT molecular complexity index is 685. The molecule has 1 unspecified atom stereocenters. The van der Waals surface area contributed by atoms with Crippen molar-refractivity contribution < 1.29 is 14.7 Å². The van der Waals surface area contributed by atoms with Gasteiger partial charge in [0.05, 0.1) is 6.54 Å². The van der Waals surface area contributed by atoms with Gasteiger partial charge in [0.2, 0.25) is 11.8 Å². The molecule has 1 aromatic carbocycles. The fraction of sp³-hybridized carbons (Fsp3) is 0.444. The molecule has 1 atom stereocenters. The quantitative estimate of drug-likeness (QED) is 0.751. The lowest BCUT2D eigenvalue weighted by Gasteiger charge is -2.17. The van der Waals surface area contributed by atoms with Crippen LogP contribution < -0.4 is 10.6 Å². The van der Waals surface area contributed by atoms with Crippen LogP contribution in [-0.2, 0) is 9.59 Å². The van der Waals surface area contributed by atoms with E-state index in [4.69, 9.17) is 0 Å². The highest BCUT2D eigenvalue weighted by Gasteiger charge is 2.17. The fourth-order valence-electron chi connectivity index (χ4n) is 2.26. The van der Waals surface area contributed by atoms with Crippen LogP contribution in [0.3, 0.4) is 0 Å². The average molecular weight is 348 g/mol. The summed E-state index contributed by atoms with van der Waals surface area (Å²) < 4.78 is 1.10. The van der Waals surface area contributed by atoms with Gasteiger partial charge >= 0.3 is 0 Å². The molecule has 24 heavy (non-hydrogen) atoms. The minimum absolute atomic E-state index is 0.0753. The highest BCUT2D eigenvalue weighted by molar-refractivity contribution is 7.19. The van der Waals surface area contributed by atoms with Gasteiger partial charge in [0.15, 0.2) is 0 Å². The lowest BCUT2D eigenvalue weighted by atomic mass is 9.92. The summed E-state index contributed by atoms with van der Waals surface area (Å²) in [4.78, 5) is 24.3. The predicted molar refractivity (Wildman–Crippen MR) is 96.9 cm³/mol. The van der Waals surface area contributed by atoms with E-state index in [1.165, 1.54) is 11.3 Å². The van der Waals surface area contributed by atoms with E-state index >= 15 is 0 Å². The van der Waals surface area contributed by atoms with E-state index in [1.807, 2.05) is 51.1 Å². The van der Waals surface area contributed by atoms with Gasteiger partial charge in [0.25, 0.3) is 0 Å². The van der Waals surface area contributed by atoms with Gasteiger partial charge in [-0.25, -0.2) is 0 Å². The van der Waals surface area contributed by atoms with Crippen molar-refractivity contribution in [3.05, 3.63) is 35.2 Å². The first-order valence-corrected chi connectivity index (χ1v) is 8.76. The van der Waals surface area contributed by atoms with Crippen molar-refractivity contribution in [3.8, 4) is 0 Å². The minimum atomic E-state index is -0.753. The maximum atomic E-state index is 11.8. The molecule has 6 heteroatoms. The highest BCUT2D eigenvalue weighted by atomic mass is 32.1. The molecule has 1 aromatic heterocycles. The van der Waals surface area contributed by atoms with Crippen LogP contribution in [0.25, 0.3) is 10.1 Å². The molecule has 3 N–H and O–H groups in total. The lowest BCUT2D eigenvalue weighted by Crippen LogP contribution is -2.39. The summed E-state index contributed by atoms with van der Waals surface area (Å²) in [7, 11) is 0. The van der Waals surface area contributed by atoms with E-state index in [0.717, 1.165) is 15.0 Å². The third-order valence-electron chi connectivity index (χ3n) is 3.40. The third-order valence-corrected chi connectivity index (χ3v) is 4.62. The van der Waals surface area contributed by atoms with Crippen molar-refractivity contribution >= 4 is 33.2 Å². The van der Waals surface area contributed by atoms with E-state index in [2.05, 4.69) is 10.6 Å². The maximum absolute atomic E-state index is 11.8. The molecule has 2 aromatic rings. The second-order valence-electron chi connectivity index (χ2n) is 7.02. The van der Waals surface area contributed by atoms with E-state index < -0.39 is 6.10 Å². The Hall–Kier alpha value is -1.92. The molecule has 2 rings (SSSR count). The standard InChI is InChI=1S/C18H24N2O3S/c1-18(2,3)9-16(22)20-11-17(23)19-10-13(21)15-8-12-6-4-5-7-14(12)24-15/h4-8,13,21H,9-11H2,1-3H3,(H,19,23)(H,20,22). The number of amides is 2. The molecule has 2 amide bonds. The second-order valence-corrected chi connectivity index (χ2v) is 8.14. The van der Waals surface area contributed by atoms with Crippen molar-refractivity contribution in [2.24, 2.45) is 5.41 Å². The highest BCUT2D eigenvalue weighted by Crippen LogP contribution is 2.29. The number of benzene rings is 1. The number of aliphatic hydroxyl groups is 1. The van der Waals surface area contributed by atoms with Gasteiger partial charge in [-0.1, -0.05) is 39.0 Å². The van der Waals surface area contributed by atoms with Crippen LogP contribution in [0.1, 0.15) is 38.2 Å². The van der Waals surface area contributed by atoms with Crippen molar-refractivity contribution in [3.63, 3.8) is 0 Å². The first-order chi connectivity index (χ1) is 11.2. The van der Waals surface area contributed by atoms with Crippen molar-refractivity contribution in [2.75, 3.05) is 13.1 Å². The van der Waals surface area contributed by atoms with E-state index in [1.54, 1.807) is 0 Å². The Morgan fingerprint density at radius 2 is 1.88 bits per heavy atom. The number of nitrogens with one attached hydrogen (secondary N) is 2. The summed E-state index contributed by atoms with van der Waals surface area (Å²) in [6.45, 7) is 5.95. The molecular formula is C18H24N2O3S. The number of hydrogen-bond donors (Lipinski definition) is 3. The molecule has 1 heterocycles. The first kappa shape index (κ1) is 18.4. The zero-order valence-corrected chi connectivity index (χ0v) is 15.1. The van der Waals surface area contributed by atoms with Crippen LogP contribution in [0.4, 0.5) is 0 Å². The molecule has 0 aliphatic heterocycles. The smallest absolute Gasteiger partial charge is 0.239 e. The Morgan fingerprint density at radius 1 is 1.17 bits per heavy atom. The lowest BCUT2D eigenvalue weighted by molar-refractivity contribution is -0.127. The molecule has 0 spiro atoms. The maximum Gasteiger partial charge on any atom is 0.239 e. The van der Waals surface area contributed by atoms with Crippen LogP contribution in [0.5, 0.6) is 0 Å². The first-order valence-electron chi connectivity index (χ1n) is 7.94. The number of fused-ring (bicyclic) bond motifs is 1. The largest absolute Gasteiger partial charge is 0.386 e. The molecule has 0 saturated carbocycles. The number of carbonyl (C=O) groups excluding carboxylic acids is 2. The predicted octanol–water partition coefficient (Wildman–Crippen LogP) is 2.60. The molecule has 0 radical (unpaired) electrons. The molecule has 0 aliphatic rings. The van der Waals surface area contributed by atoms with Crippen LogP contribution in [0, 0.1) is 5.41 Å². The van der Waals surface area contributed by atoms with Gasteiger partial charge in [-0.15, -0.1) is 11.3 Å². The van der Waals surface area contributed by atoms with Gasteiger partial charge in [-0.05, 0) is 22.9 Å². The molecule has 0 aliphatic carbocycles. The van der Waals surface area contributed by atoms with Gasteiger partial charge in [-0.2, -0.15) is 0 Å². The van der Waals surface area contributed by atoms with Crippen LogP contribution in [0.2, 0.25) is 0 Å². The number of carbonyl (C=O) groups is 2. The SMILES string of the molecule is CC(C)(C)CC(=O)NCC(=O)NCC(O)c1cc2ccccc2s1. The summed E-state index contributed by atoms with van der Waals surface area (Å²) >= 11 is 1.51. The topological polar surface area (TPSA) is 78.4 Å². The molecular weight excluding hydrogens is 324 g/mol. The summed E-state index contributed by atoms with van der Waals surface area (Å²) in [6, 6.07) is 9.83. The zero-order chi connectivity index (χ0) is 17.7. The molecule has 0 saturated heterocycles. The number of aliphatic hydroxyl groups excluding tert-OH is 1. The van der Waals surface area contributed by atoms with Crippen LogP contribution in [-0.4, -0.2) is 30.0 Å². The number of thiophene rings is 1. The Balaban J connectivity index is 1.77. The van der Waals surface area contributed by atoms with Crippen molar-refractivity contribution in [2.45, 2.75) is 33.3 Å². The van der Waals surface area contributed by atoms with Crippen molar-refractivity contribution in [1.29, 1.82) is 0 Å². The number of rotatable bonds is 6. The normalized spacial score (nSPS) is 12.8.